The summed E-state index contributed by atoms with van der Waals surface area (Å²) in [6.45, 7) is 4.26. The molecule has 26 heavy (non-hydrogen) atoms. The second-order valence-electron chi connectivity index (χ2n) is 6.73. The maximum absolute atomic E-state index is 9.48. The Morgan fingerprint density at radius 3 is 2.31 bits per heavy atom. The summed E-state index contributed by atoms with van der Waals surface area (Å²) >= 11 is 0. The molecule has 0 amide bonds. The van der Waals surface area contributed by atoms with Gasteiger partial charge >= 0.3 is 0 Å². The quantitative estimate of drug-likeness (QED) is 0.488. The normalized spacial score (nSPS) is 14.9. The lowest BCUT2D eigenvalue weighted by Crippen LogP contribution is -1.98. The van der Waals surface area contributed by atoms with Crippen LogP contribution in [0.4, 0.5) is 5.69 Å². The fraction of sp³-hybridized carbons (Fsp3) is 0.167. The standard InChI is InChI=1S/C24H25NO/c1-18-6-10-20(11-7-18)4-3-5-24(21-12-8-19(2)9-13-21)25-22-14-16-23(26)17-15-22/h3-6,8-10,12-17,25-26H,7,11H2,1-2H3/b4-3+,24-5-. The van der Waals surface area contributed by atoms with Crippen LogP contribution in [0.15, 0.2) is 90.1 Å². The summed E-state index contributed by atoms with van der Waals surface area (Å²) in [6.07, 6.45) is 13.0. The molecule has 0 saturated carbocycles. The Hall–Kier alpha value is -3.00. The third-order valence-electron chi connectivity index (χ3n) is 4.47. The highest BCUT2D eigenvalue weighted by molar-refractivity contribution is 5.78. The first kappa shape index (κ1) is 17.8. The molecule has 2 nitrogen and oxygen atoms in total. The molecule has 0 aliphatic heterocycles. The van der Waals surface area contributed by atoms with Crippen LogP contribution in [0.3, 0.4) is 0 Å². The van der Waals surface area contributed by atoms with Crippen molar-refractivity contribution < 1.29 is 5.11 Å². The van der Waals surface area contributed by atoms with E-state index in [2.05, 4.69) is 73.8 Å². The Bertz CT molecular complexity index is 865. The van der Waals surface area contributed by atoms with Crippen LogP contribution in [0.2, 0.25) is 0 Å². The number of anilines is 1. The molecule has 1 aliphatic rings. The van der Waals surface area contributed by atoms with Gasteiger partial charge in [-0.3, -0.25) is 0 Å². The van der Waals surface area contributed by atoms with E-state index in [-0.39, 0.29) is 5.75 Å². The number of hydrogen-bond donors (Lipinski definition) is 2. The number of nitrogens with one attached hydrogen (secondary N) is 1. The lowest BCUT2D eigenvalue weighted by molar-refractivity contribution is 0.475. The molecule has 0 saturated heterocycles. The Morgan fingerprint density at radius 2 is 1.65 bits per heavy atom. The molecule has 2 aromatic rings. The highest BCUT2D eigenvalue weighted by Gasteiger charge is 2.03. The lowest BCUT2D eigenvalue weighted by Gasteiger charge is -2.12. The van der Waals surface area contributed by atoms with Crippen LogP contribution in [0, 0.1) is 6.92 Å². The summed E-state index contributed by atoms with van der Waals surface area (Å²) in [5.41, 5.74) is 7.12. The first-order valence-electron chi connectivity index (χ1n) is 8.98. The molecule has 0 radical (unpaired) electrons. The number of rotatable bonds is 5. The van der Waals surface area contributed by atoms with Gasteiger partial charge in [0.15, 0.2) is 0 Å². The number of phenols is 1. The van der Waals surface area contributed by atoms with E-state index in [4.69, 9.17) is 0 Å². The summed E-state index contributed by atoms with van der Waals surface area (Å²) < 4.78 is 0. The molecule has 2 aromatic carbocycles. The molecule has 0 atom stereocenters. The maximum Gasteiger partial charge on any atom is 0.115 e. The minimum atomic E-state index is 0.267. The van der Waals surface area contributed by atoms with Crippen LogP contribution in [-0.4, -0.2) is 5.11 Å². The molecule has 0 heterocycles. The smallest absolute Gasteiger partial charge is 0.115 e. The SMILES string of the molecule is CC1=CC=C(/C=C/C=C(\Nc2ccc(O)cc2)c2ccc(C)cc2)CC1. The molecule has 3 rings (SSSR count). The zero-order valence-corrected chi connectivity index (χ0v) is 15.4. The number of allylic oxidation sites excluding steroid dienone is 7. The average Bonchev–Trinajstić information content (AvgIpc) is 2.65. The second-order valence-corrected chi connectivity index (χ2v) is 6.73. The van der Waals surface area contributed by atoms with Gasteiger partial charge in [0.1, 0.15) is 5.75 Å². The fourth-order valence-electron chi connectivity index (χ4n) is 2.81. The van der Waals surface area contributed by atoms with Crippen LogP contribution in [0.1, 0.15) is 30.9 Å². The number of benzene rings is 2. The van der Waals surface area contributed by atoms with Crippen LogP contribution in [0.25, 0.3) is 5.70 Å². The van der Waals surface area contributed by atoms with E-state index in [0.29, 0.717) is 0 Å². The molecule has 0 fully saturated rings. The first-order chi connectivity index (χ1) is 12.6. The Balaban J connectivity index is 1.84. The summed E-state index contributed by atoms with van der Waals surface area (Å²) in [5, 5.41) is 12.9. The minimum Gasteiger partial charge on any atom is -0.508 e. The first-order valence-corrected chi connectivity index (χ1v) is 8.98. The zero-order valence-electron chi connectivity index (χ0n) is 15.4. The molecule has 2 heteroatoms. The van der Waals surface area contributed by atoms with E-state index in [1.807, 2.05) is 12.1 Å². The van der Waals surface area contributed by atoms with Gasteiger partial charge in [-0.2, -0.15) is 0 Å². The van der Waals surface area contributed by atoms with Crippen molar-refractivity contribution in [3.63, 3.8) is 0 Å². The van der Waals surface area contributed by atoms with E-state index < -0.39 is 0 Å². The van der Waals surface area contributed by atoms with Crippen molar-refractivity contribution in [1.82, 2.24) is 0 Å². The number of aromatic hydroxyl groups is 1. The Labute approximate surface area is 155 Å². The molecule has 0 bridgehead atoms. The summed E-state index contributed by atoms with van der Waals surface area (Å²) in [5.74, 6) is 0.267. The van der Waals surface area contributed by atoms with Gasteiger partial charge in [-0.1, -0.05) is 59.7 Å². The van der Waals surface area contributed by atoms with Gasteiger partial charge in [0.25, 0.3) is 0 Å². The molecular weight excluding hydrogens is 318 g/mol. The largest absolute Gasteiger partial charge is 0.508 e. The van der Waals surface area contributed by atoms with Crippen molar-refractivity contribution in [3.8, 4) is 5.75 Å². The second kappa shape index (κ2) is 8.39. The monoisotopic (exact) mass is 343 g/mol. The zero-order chi connectivity index (χ0) is 18.4. The molecule has 2 N–H and O–H groups in total. The van der Waals surface area contributed by atoms with Crippen molar-refractivity contribution in [3.05, 3.63) is 101 Å². The predicted molar refractivity (Wildman–Crippen MR) is 111 cm³/mol. The highest BCUT2D eigenvalue weighted by Crippen LogP contribution is 2.22. The van der Waals surface area contributed by atoms with Crippen LogP contribution >= 0.6 is 0 Å². The van der Waals surface area contributed by atoms with E-state index >= 15 is 0 Å². The summed E-state index contributed by atoms with van der Waals surface area (Å²) in [7, 11) is 0. The van der Waals surface area contributed by atoms with Gasteiger partial charge in [0.05, 0.1) is 0 Å². The van der Waals surface area contributed by atoms with Crippen LogP contribution < -0.4 is 5.32 Å². The Kier molecular flexibility index (Phi) is 5.75. The molecule has 132 valence electrons. The van der Waals surface area contributed by atoms with Crippen molar-refractivity contribution >= 4 is 11.4 Å². The molecule has 0 unspecified atom stereocenters. The summed E-state index contributed by atoms with van der Waals surface area (Å²) in [4.78, 5) is 0. The van der Waals surface area contributed by atoms with Gasteiger partial charge in [0.2, 0.25) is 0 Å². The molecular formula is C24H25NO. The fourth-order valence-corrected chi connectivity index (χ4v) is 2.81. The van der Waals surface area contributed by atoms with Crippen molar-refractivity contribution in [2.75, 3.05) is 5.32 Å². The van der Waals surface area contributed by atoms with E-state index in [9.17, 15) is 5.11 Å². The lowest BCUT2D eigenvalue weighted by atomic mass is 9.99. The third-order valence-corrected chi connectivity index (χ3v) is 4.47. The van der Waals surface area contributed by atoms with E-state index in [0.717, 1.165) is 29.8 Å². The predicted octanol–water partition coefficient (Wildman–Crippen LogP) is 6.38. The van der Waals surface area contributed by atoms with E-state index in [1.165, 1.54) is 16.7 Å². The van der Waals surface area contributed by atoms with Gasteiger partial charge in [0, 0.05) is 11.4 Å². The maximum atomic E-state index is 9.48. The molecule has 0 aromatic heterocycles. The van der Waals surface area contributed by atoms with Gasteiger partial charge in [-0.05, 0) is 68.2 Å². The van der Waals surface area contributed by atoms with Crippen molar-refractivity contribution in [2.24, 2.45) is 0 Å². The van der Waals surface area contributed by atoms with Crippen molar-refractivity contribution in [2.45, 2.75) is 26.7 Å². The highest BCUT2D eigenvalue weighted by atomic mass is 16.3. The van der Waals surface area contributed by atoms with Crippen LogP contribution in [-0.2, 0) is 0 Å². The topological polar surface area (TPSA) is 32.3 Å². The molecule has 1 aliphatic carbocycles. The van der Waals surface area contributed by atoms with Crippen molar-refractivity contribution in [1.29, 1.82) is 0 Å². The van der Waals surface area contributed by atoms with Gasteiger partial charge in [-0.15, -0.1) is 0 Å². The Morgan fingerprint density at radius 1 is 0.923 bits per heavy atom. The minimum absolute atomic E-state index is 0.267. The third kappa shape index (κ3) is 5.00. The van der Waals surface area contributed by atoms with E-state index in [1.54, 1.807) is 12.1 Å². The average molecular weight is 343 g/mol. The van der Waals surface area contributed by atoms with Gasteiger partial charge in [-0.25, -0.2) is 0 Å². The molecule has 0 spiro atoms. The van der Waals surface area contributed by atoms with Gasteiger partial charge < -0.3 is 10.4 Å². The number of hydrogen-bond acceptors (Lipinski definition) is 2. The number of aryl methyl sites for hydroxylation is 1. The number of phenolic OH excluding ortho intramolecular Hbond substituents is 1. The van der Waals surface area contributed by atoms with Crippen LogP contribution in [0.5, 0.6) is 5.75 Å². The summed E-state index contributed by atoms with van der Waals surface area (Å²) in [6, 6.07) is 15.6.